The number of aliphatic hydroxyl groups is 4. The zero-order valence-corrected chi connectivity index (χ0v) is 8.78. The first-order valence-corrected chi connectivity index (χ1v) is 5.60. The van der Waals surface area contributed by atoms with Crippen LogP contribution in [0.1, 0.15) is 6.42 Å². The number of hydrogen-bond donors (Lipinski definition) is 4. The molecule has 0 heterocycles. The molecule has 0 aromatic heterocycles. The number of carbonyl (C=O) groups is 1. The molecule has 0 spiro atoms. The summed E-state index contributed by atoms with van der Waals surface area (Å²) in [6.45, 7) is -0.686. The van der Waals surface area contributed by atoms with Crippen molar-refractivity contribution in [1.29, 1.82) is 0 Å². The lowest BCUT2D eigenvalue weighted by Gasteiger charge is -2.20. The highest BCUT2D eigenvalue weighted by Gasteiger charge is 2.28. The second-order valence-electron chi connectivity index (χ2n) is 2.89. The van der Waals surface area contributed by atoms with E-state index in [1.165, 1.54) is 11.8 Å². The third kappa shape index (κ3) is 4.39. The third-order valence-electron chi connectivity index (χ3n) is 1.79. The molecule has 0 radical (unpaired) electrons. The Morgan fingerprint density at radius 1 is 1.36 bits per heavy atom. The molecule has 3 atom stereocenters. The Hall–Kier alpha value is -0.140. The Labute approximate surface area is 86.8 Å². The molecule has 84 valence electrons. The maximum atomic E-state index is 11.1. The van der Waals surface area contributed by atoms with Gasteiger partial charge in [0, 0.05) is 6.42 Å². The quantitative estimate of drug-likeness (QED) is 0.415. The molecule has 0 aromatic rings. The van der Waals surface area contributed by atoms with E-state index in [4.69, 9.17) is 15.3 Å². The molecule has 14 heavy (non-hydrogen) atoms. The van der Waals surface area contributed by atoms with Gasteiger partial charge in [0.15, 0.2) is 5.78 Å². The molecule has 0 saturated carbocycles. The van der Waals surface area contributed by atoms with Crippen LogP contribution >= 0.6 is 11.8 Å². The first-order valence-electron chi connectivity index (χ1n) is 4.21. The molecular weight excluding hydrogens is 208 g/mol. The monoisotopic (exact) mass is 224 g/mol. The van der Waals surface area contributed by atoms with Gasteiger partial charge >= 0.3 is 0 Å². The highest BCUT2D eigenvalue weighted by atomic mass is 32.2. The molecule has 0 aliphatic carbocycles. The van der Waals surface area contributed by atoms with E-state index in [9.17, 15) is 9.90 Å². The molecule has 5 nitrogen and oxygen atoms in total. The Morgan fingerprint density at radius 3 is 2.36 bits per heavy atom. The summed E-state index contributed by atoms with van der Waals surface area (Å²) in [5, 5.41) is 35.8. The SMILES string of the molecule is CSCCC(=O)[C@H](O)[C@H](O)[C@H](O)CO. The maximum Gasteiger partial charge on any atom is 0.164 e. The second-order valence-corrected chi connectivity index (χ2v) is 3.88. The predicted octanol–water partition coefficient (Wildman–Crippen LogP) is -1.62. The normalized spacial score (nSPS) is 17.5. The fourth-order valence-electron chi connectivity index (χ4n) is 0.859. The zero-order valence-electron chi connectivity index (χ0n) is 7.96. The Balaban J connectivity index is 4.03. The summed E-state index contributed by atoms with van der Waals surface area (Å²) >= 11 is 1.45. The molecule has 0 bridgehead atoms. The molecule has 0 aliphatic rings. The van der Waals surface area contributed by atoms with Crippen LogP contribution in [0.15, 0.2) is 0 Å². The molecule has 0 fully saturated rings. The van der Waals surface area contributed by atoms with Crippen molar-refractivity contribution in [3.63, 3.8) is 0 Å². The first kappa shape index (κ1) is 13.9. The van der Waals surface area contributed by atoms with Crippen molar-refractivity contribution < 1.29 is 25.2 Å². The topological polar surface area (TPSA) is 98.0 Å². The second kappa shape index (κ2) is 7.19. The average Bonchev–Trinajstić information content (AvgIpc) is 2.22. The number of aliphatic hydroxyl groups excluding tert-OH is 4. The van der Waals surface area contributed by atoms with Gasteiger partial charge in [0.2, 0.25) is 0 Å². The van der Waals surface area contributed by atoms with Crippen LogP contribution in [-0.4, -0.2) is 63.1 Å². The number of carbonyl (C=O) groups excluding carboxylic acids is 1. The minimum Gasteiger partial charge on any atom is -0.394 e. The average molecular weight is 224 g/mol. The van der Waals surface area contributed by atoms with Gasteiger partial charge in [-0.3, -0.25) is 4.79 Å². The van der Waals surface area contributed by atoms with Crippen molar-refractivity contribution >= 4 is 17.5 Å². The Bertz CT molecular complexity index is 175. The van der Waals surface area contributed by atoms with E-state index in [0.717, 1.165) is 0 Å². The van der Waals surface area contributed by atoms with E-state index in [1.807, 2.05) is 6.26 Å². The van der Waals surface area contributed by atoms with Crippen LogP contribution in [0.5, 0.6) is 0 Å². The van der Waals surface area contributed by atoms with Crippen molar-refractivity contribution in [2.45, 2.75) is 24.7 Å². The fourth-order valence-corrected chi connectivity index (χ4v) is 1.26. The van der Waals surface area contributed by atoms with Crippen molar-refractivity contribution in [3.05, 3.63) is 0 Å². The molecule has 0 amide bonds. The van der Waals surface area contributed by atoms with E-state index in [2.05, 4.69) is 0 Å². The van der Waals surface area contributed by atoms with E-state index in [-0.39, 0.29) is 6.42 Å². The summed E-state index contributed by atoms with van der Waals surface area (Å²) in [6.07, 6.45) is -2.77. The van der Waals surface area contributed by atoms with Gasteiger partial charge < -0.3 is 20.4 Å². The summed E-state index contributed by atoms with van der Waals surface area (Å²) < 4.78 is 0. The number of rotatable bonds is 7. The van der Waals surface area contributed by atoms with Crippen molar-refractivity contribution in [2.24, 2.45) is 0 Å². The summed E-state index contributed by atoms with van der Waals surface area (Å²) in [5.74, 6) is 0.0250. The van der Waals surface area contributed by atoms with Gasteiger partial charge in [0.05, 0.1) is 6.61 Å². The summed E-state index contributed by atoms with van der Waals surface area (Å²) in [6, 6.07) is 0. The number of ketones is 1. The zero-order chi connectivity index (χ0) is 11.1. The van der Waals surface area contributed by atoms with Crippen LogP contribution < -0.4 is 0 Å². The molecular formula is C8H16O5S. The van der Waals surface area contributed by atoms with Gasteiger partial charge in [0.25, 0.3) is 0 Å². The lowest BCUT2D eigenvalue weighted by atomic mass is 10.0. The number of Topliss-reactive ketones (excluding diaryl/α,β-unsaturated/α-hetero) is 1. The van der Waals surface area contributed by atoms with Crippen LogP contribution in [0.25, 0.3) is 0 Å². The molecule has 4 N–H and O–H groups in total. The summed E-state index contributed by atoms with van der Waals surface area (Å²) in [4.78, 5) is 11.1. The third-order valence-corrected chi connectivity index (χ3v) is 2.40. The number of hydrogen-bond acceptors (Lipinski definition) is 6. The Kier molecular flexibility index (Phi) is 7.12. The molecule has 0 saturated heterocycles. The highest BCUT2D eigenvalue weighted by Crippen LogP contribution is 2.05. The summed E-state index contributed by atoms with van der Waals surface area (Å²) in [5.41, 5.74) is 0. The van der Waals surface area contributed by atoms with Crippen LogP contribution in [0.3, 0.4) is 0 Å². The van der Waals surface area contributed by atoms with Crippen molar-refractivity contribution in [3.8, 4) is 0 Å². The van der Waals surface area contributed by atoms with Gasteiger partial charge in [0.1, 0.15) is 18.3 Å². The van der Waals surface area contributed by atoms with E-state index in [0.29, 0.717) is 5.75 Å². The van der Waals surface area contributed by atoms with Crippen LogP contribution in [-0.2, 0) is 4.79 Å². The minimum atomic E-state index is -1.62. The van der Waals surface area contributed by atoms with Gasteiger partial charge in [-0.05, 0) is 12.0 Å². The van der Waals surface area contributed by atoms with Crippen LogP contribution in [0.2, 0.25) is 0 Å². The lowest BCUT2D eigenvalue weighted by Crippen LogP contribution is -2.43. The predicted molar refractivity (Wildman–Crippen MR) is 53.1 cm³/mol. The molecule has 0 aromatic carbocycles. The lowest BCUT2D eigenvalue weighted by molar-refractivity contribution is -0.139. The van der Waals surface area contributed by atoms with Gasteiger partial charge in [-0.1, -0.05) is 0 Å². The van der Waals surface area contributed by atoms with E-state index >= 15 is 0 Å². The minimum absolute atomic E-state index is 0.136. The van der Waals surface area contributed by atoms with Crippen molar-refractivity contribution in [1.82, 2.24) is 0 Å². The first-order chi connectivity index (χ1) is 6.54. The van der Waals surface area contributed by atoms with Crippen molar-refractivity contribution in [2.75, 3.05) is 18.6 Å². The molecule has 0 unspecified atom stereocenters. The largest absolute Gasteiger partial charge is 0.394 e. The van der Waals surface area contributed by atoms with Gasteiger partial charge in [-0.15, -0.1) is 0 Å². The van der Waals surface area contributed by atoms with Crippen LogP contribution in [0.4, 0.5) is 0 Å². The summed E-state index contributed by atoms with van der Waals surface area (Å²) in [7, 11) is 0. The fraction of sp³-hybridized carbons (Fsp3) is 0.875. The van der Waals surface area contributed by atoms with E-state index < -0.39 is 30.7 Å². The maximum absolute atomic E-state index is 11.1. The van der Waals surface area contributed by atoms with E-state index in [1.54, 1.807) is 0 Å². The standard InChI is InChI=1S/C8H16O5S/c1-14-3-2-5(10)7(12)8(13)6(11)4-9/h6-9,11-13H,2-4H2,1H3/t6-,7+,8-/m1/s1. The molecule has 0 aliphatic heterocycles. The highest BCUT2D eigenvalue weighted by molar-refractivity contribution is 7.98. The van der Waals surface area contributed by atoms with Gasteiger partial charge in [-0.25, -0.2) is 0 Å². The number of thioether (sulfide) groups is 1. The molecule has 6 heteroatoms. The van der Waals surface area contributed by atoms with Crippen LogP contribution in [0, 0.1) is 0 Å². The molecule has 0 rings (SSSR count). The van der Waals surface area contributed by atoms with Gasteiger partial charge in [-0.2, -0.15) is 11.8 Å². The smallest absolute Gasteiger partial charge is 0.164 e. The Morgan fingerprint density at radius 2 is 1.93 bits per heavy atom.